The van der Waals surface area contributed by atoms with Crippen LogP contribution in [0, 0.1) is 23.5 Å². The third kappa shape index (κ3) is 6.73. The number of ether oxygens (including phenoxy) is 2. The summed E-state index contributed by atoms with van der Waals surface area (Å²) in [6, 6.07) is 6.21. The number of hydrogen-bond donors (Lipinski definition) is 1. The van der Waals surface area contributed by atoms with Gasteiger partial charge in [-0.1, -0.05) is 26.7 Å². The number of hydrogen-bond acceptors (Lipinski definition) is 6. The van der Waals surface area contributed by atoms with E-state index in [1.165, 1.54) is 13.2 Å². The molecule has 0 spiro atoms. The molecule has 3 aromatic rings. The highest BCUT2D eigenvalue weighted by Crippen LogP contribution is 2.39. The van der Waals surface area contributed by atoms with E-state index < -0.39 is 29.0 Å². The zero-order chi connectivity index (χ0) is 28.3. The van der Waals surface area contributed by atoms with Crippen molar-refractivity contribution in [2.24, 2.45) is 11.8 Å². The Hall–Kier alpha value is -3.53. The fourth-order valence-corrected chi connectivity index (χ4v) is 4.70. The third-order valence-corrected chi connectivity index (χ3v) is 6.89. The Balaban J connectivity index is 1.79. The van der Waals surface area contributed by atoms with Crippen LogP contribution in [0.15, 0.2) is 36.5 Å². The van der Waals surface area contributed by atoms with Crippen molar-refractivity contribution in [1.82, 2.24) is 20.0 Å². The molecule has 1 heterocycles. The first-order chi connectivity index (χ1) is 18.5. The topological polar surface area (TPSA) is 85.7 Å². The van der Waals surface area contributed by atoms with Crippen LogP contribution in [-0.4, -0.2) is 59.8 Å². The molecule has 1 amide bonds. The van der Waals surface area contributed by atoms with Crippen molar-refractivity contribution < 1.29 is 27.8 Å². The lowest BCUT2D eigenvalue weighted by atomic mass is 9.87. The van der Waals surface area contributed by atoms with Gasteiger partial charge in [0.05, 0.1) is 24.4 Å². The molecule has 1 unspecified atom stereocenters. The van der Waals surface area contributed by atoms with Crippen molar-refractivity contribution in [1.29, 1.82) is 0 Å². The molecule has 1 aliphatic rings. The lowest BCUT2D eigenvalue weighted by Crippen LogP contribution is -2.56. The molecule has 1 saturated carbocycles. The highest BCUT2D eigenvalue weighted by molar-refractivity contribution is 6.03. The van der Waals surface area contributed by atoms with E-state index in [0.717, 1.165) is 18.9 Å². The van der Waals surface area contributed by atoms with E-state index in [-0.39, 0.29) is 17.1 Å². The summed E-state index contributed by atoms with van der Waals surface area (Å²) in [6.45, 7) is 5.28. The molecule has 0 aliphatic heterocycles. The van der Waals surface area contributed by atoms with Crippen molar-refractivity contribution in [3.05, 3.63) is 53.7 Å². The molecule has 4 rings (SSSR count). The average Bonchev–Trinajstić information content (AvgIpc) is 3.61. The summed E-state index contributed by atoms with van der Waals surface area (Å²) >= 11 is 0. The third-order valence-electron chi connectivity index (χ3n) is 6.89. The van der Waals surface area contributed by atoms with Gasteiger partial charge in [0.2, 0.25) is 0 Å². The van der Waals surface area contributed by atoms with E-state index >= 15 is 0 Å². The predicted octanol–water partition coefficient (Wildman–Crippen LogP) is 5.16. The van der Waals surface area contributed by atoms with Crippen LogP contribution >= 0.6 is 0 Å². The minimum absolute atomic E-state index is 0.0624. The highest BCUT2D eigenvalue weighted by atomic mass is 19.1. The number of halogens is 2. The van der Waals surface area contributed by atoms with Crippen molar-refractivity contribution in [2.45, 2.75) is 51.6 Å². The van der Waals surface area contributed by atoms with Gasteiger partial charge in [-0.3, -0.25) is 9.48 Å². The van der Waals surface area contributed by atoms with Crippen molar-refractivity contribution in [3.63, 3.8) is 0 Å². The summed E-state index contributed by atoms with van der Waals surface area (Å²) in [7, 11) is 5.11. The largest absolute Gasteiger partial charge is 0.467 e. The molecule has 210 valence electrons. The molecular weight excluding hydrogens is 506 g/mol. The van der Waals surface area contributed by atoms with Crippen LogP contribution in [0.5, 0.6) is 11.5 Å². The smallest absolute Gasteiger partial charge is 0.331 e. The van der Waals surface area contributed by atoms with E-state index in [0.29, 0.717) is 54.7 Å². The SMILES string of the molecule is COC(=O)C(CCN(C)C)(CC1CC1)NC(=O)c1cc2c(cnn2CC(C)C)cc1Oc1ccc(F)cc1F. The van der Waals surface area contributed by atoms with Crippen LogP contribution in [0.1, 0.15) is 49.9 Å². The van der Waals surface area contributed by atoms with Gasteiger partial charge in [0.1, 0.15) is 17.1 Å². The Bertz CT molecular complexity index is 1350. The van der Waals surface area contributed by atoms with Crippen molar-refractivity contribution in [2.75, 3.05) is 27.7 Å². The van der Waals surface area contributed by atoms with Crippen molar-refractivity contribution in [3.8, 4) is 11.5 Å². The van der Waals surface area contributed by atoms with Crippen LogP contribution in [0.4, 0.5) is 8.78 Å². The van der Waals surface area contributed by atoms with Gasteiger partial charge >= 0.3 is 5.97 Å². The van der Waals surface area contributed by atoms with Crippen LogP contribution in [0.2, 0.25) is 0 Å². The summed E-state index contributed by atoms with van der Waals surface area (Å²) in [5, 5.41) is 8.13. The quantitative estimate of drug-likeness (QED) is 0.319. The first-order valence-corrected chi connectivity index (χ1v) is 13.2. The Morgan fingerprint density at radius 3 is 2.54 bits per heavy atom. The lowest BCUT2D eigenvalue weighted by Gasteiger charge is -2.33. The molecule has 10 heteroatoms. The number of esters is 1. The Morgan fingerprint density at radius 2 is 1.92 bits per heavy atom. The first-order valence-electron chi connectivity index (χ1n) is 13.2. The van der Waals surface area contributed by atoms with Gasteiger partial charge in [0.25, 0.3) is 5.91 Å². The molecule has 1 aliphatic carbocycles. The number of carbonyl (C=O) groups is 2. The lowest BCUT2D eigenvalue weighted by molar-refractivity contribution is -0.149. The van der Waals surface area contributed by atoms with E-state index in [2.05, 4.69) is 24.3 Å². The summed E-state index contributed by atoms with van der Waals surface area (Å²) < 4.78 is 40.9. The number of nitrogens with one attached hydrogen (secondary N) is 1. The number of aromatic nitrogens is 2. The van der Waals surface area contributed by atoms with Gasteiger partial charge in [-0.25, -0.2) is 13.6 Å². The molecule has 1 N–H and O–H groups in total. The maximum absolute atomic E-state index is 14.5. The summed E-state index contributed by atoms with van der Waals surface area (Å²) in [4.78, 5) is 29.1. The van der Waals surface area contributed by atoms with Crippen LogP contribution < -0.4 is 10.1 Å². The van der Waals surface area contributed by atoms with Crippen LogP contribution in [0.3, 0.4) is 0 Å². The number of amides is 1. The van der Waals surface area contributed by atoms with E-state index in [1.54, 1.807) is 23.0 Å². The highest BCUT2D eigenvalue weighted by Gasteiger charge is 2.45. The van der Waals surface area contributed by atoms with Gasteiger partial charge in [-0.15, -0.1) is 0 Å². The zero-order valence-electron chi connectivity index (χ0n) is 23.1. The molecule has 39 heavy (non-hydrogen) atoms. The average molecular weight is 543 g/mol. The van der Waals surface area contributed by atoms with E-state index in [1.807, 2.05) is 19.0 Å². The van der Waals surface area contributed by atoms with E-state index in [9.17, 15) is 18.4 Å². The first kappa shape index (κ1) is 28.5. The fourth-order valence-electron chi connectivity index (χ4n) is 4.70. The standard InChI is InChI=1S/C29H36F2N4O4/c1-18(2)17-35-24-14-22(26(12-20(24)16-32-35)39-25-9-8-21(30)13-23(25)31)27(36)33-29(28(37)38-5,10-11-34(3)4)15-19-6-7-19/h8-9,12-14,16,18-19H,6-7,10-11,15,17H2,1-5H3,(H,33,36). The molecule has 0 radical (unpaired) electrons. The summed E-state index contributed by atoms with van der Waals surface area (Å²) in [5.74, 6) is -2.28. The Kier molecular flexibility index (Phi) is 8.54. The molecule has 2 aromatic carbocycles. The number of benzene rings is 2. The second-order valence-corrected chi connectivity index (χ2v) is 11.0. The Morgan fingerprint density at radius 1 is 1.18 bits per heavy atom. The van der Waals surface area contributed by atoms with Gasteiger partial charge in [0, 0.05) is 24.5 Å². The molecule has 1 fully saturated rings. The van der Waals surface area contributed by atoms with Gasteiger partial charge in [-0.2, -0.15) is 5.10 Å². The van der Waals surface area contributed by atoms with Gasteiger partial charge < -0.3 is 19.7 Å². The molecule has 8 nitrogen and oxygen atoms in total. The molecule has 0 bridgehead atoms. The minimum Gasteiger partial charge on any atom is -0.467 e. The molecular formula is C29H36F2N4O4. The van der Waals surface area contributed by atoms with E-state index in [4.69, 9.17) is 9.47 Å². The minimum atomic E-state index is -1.25. The number of nitrogens with zero attached hydrogens (tertiary/aromatic N) is 3. The fraction of sp³-hybridized carbons (Fsp3) is 0.483. The van der Waals surface area contributed by atoms with Crippen LogP contribution in [0.25, 0.3) is 10.9 Å². The normalized spacial score (nSPS) is 15.0. The zero-order valence-corrected chi connectivity index (χ0v) is 23.1. The molecule has 1 atom stereocenters. The predicted molar refractivity (Wildman–Crippen MR) is 144 cm³/mol. The second kappa shape index (κ2) is 11.7. The molecule has 0 saturated heterocycles. The second-order valence-electron chi connectivity index (χ2n) is 11.0. The Labute approximate surface area is 227 Å². The summed E-state index contributed by atoms with van der Waals surface area (Å²) in [5.41, 5.74) is -0.450. The van der Waals surface area contributed by atoms with Crippen LogP contribution in [-0.2, 0) is 16.1 Å². The van der Waals surface area contributed by atoms with Crippen molar-refractivity contribution >= 4 is 22.8 Å². The number of fused-ring (bicyclic) bond motifs is 1. The molecule has 1 aromatic heterocycles. The number of methoxy groups -OCH3 is 1. The summed E-state index contributed by atoms with van der Waals surface area (Å²) in [6.07, 6.45) is 4.42. The maximum atomic E-state index is 14.5. The maximum Gasteiger partial charge on any atom is 0.331 e. The number of carbonyl (C=O) groups excluding carboxylic acids is 2. The number of rotatable bonds is 12. The monoisotopic (exact) mass is 542 g/mol. The van der Waals surface area contributed by atoms with Gasteiger partial charge in [0.15, 0.2) is 11.6 Å². The van der Waals surface area contributed by atoms with Gasteiger partial charge in [-0.05, 0) is 63.0 Å².